The van der Waals surface area contributed by atoms with Crippen molar-refractivity contribution in [1.82, 2.24) is 4.90 Å². The summed E-state index contributed by atoms with van der Waals surface area (Å²) in [6.07, 6.45) is 0.360. The standard InChI is InChI=1S/C14H15BrFNO2/c1-8(2)9-6-12(18)17(7-9)14(19)10-4-3-5-11(15)13(10)16/h3-5,8-9H,6-7H2,1-2H3. The molecule has 1 aliphatic rings. The zero-order chi connectivity index (χ0) is 14.2. The molecule has 1 aromatic carbocycles. The van der Waals surface area contributed by atoms with Gasteiger partial charge in [-0.25, -0.2) is 4.39 Å². The molecule has 2 rings (SSSR count). The van der Waals surface area contributed by atoms with Gasteiger partial charge in [0.15, 0.2) is 0 Å². The lowest BCUT2D eigenvalue weighted by Crippen LogP contribution is -2.33. The van der Waals surface area contributed by atoms with Gasteiger partial charge in [0.2, 0.25) is 5.91 Å². The lowest BCUT2D eigenvalue weighted by molar-refractivity contribution is -0.125. The van der Waals surface area contributed by atoms with E-state index in [1.165, 1.54) is 12.1 Å². The highest BCUT2D eigenvalue weighted by atomic mass is 79.9. The molecule has 0 radical (unpaired) electrons. The smallest absolute Gasteiger partial charge is 0.263 e. The molecule has 19 heavy (non-hydrogen) atoms. The molecule has 1 atom stereocenters. The molecule has 1 heterocycles. The molecule has 102 valence electrons. The van der Waals surface area contributed by atoms with Gasteiger partial charge in [0.1, 0.15) is 5.82 Å². The van der Waals surface area contributed by atoms with Crippen LogP contribution >= 0.6 is 15.9 Å². The normalized spacial score (nSPS) is 19.3. The minimum Gasteiger partial charge on any atom is -0.278 e. The van der Waals surface area contributed by atoms with Crippen LogP contribution in [-0.2, 0) is 4.79 Å². The van der Waals surface area contributed by atoms with Gasteiger partial charge in [-0.3, -0.25) is 14.5 Å². The highest BCUT2D eigenvalue weighted by Crippen LogP contribution is 2.27. The van der Waals surface area contributed by atoms with Gasteiger partial charge in [-0.2, -0.15) is 0 Å². The fourth-order valence-electron chi connectivity index (χ4n) is 2.19. The number of carbonyl (C=O) groups is 2. The fraction of sp³-hybridized carbons (Fsp3) is 0.429. The Morgan fingerprint density at radius 1 is 1.47 bits per heavy atom. The second kappa shape index (κ2) is 5.41. The van der Waals surface area contributed by atoms with Crippen molar-refractivity contribution in [3.05, 3.63) is 34.1 Å². The number of hydrogen-bond acceptors (Lipinski definition) is 2. The quantitative estimate of drug-likeness (QED) is 0.782. The number of amides is 2. The topological polar surface area (TPSA) is 37.4 Å². The van der Waals surface area contributed by atoms with E-state index in [2.05, 4.69) is 15.9 Å². The van der Waals surface area contributed by atoms with Crippen LogP contribution in [0.5, 0.6) is 0 Å². The van der Waals surface area contributed by atoms with Crippen molar-refractivity contribution >= 4 is 27.7 Å². The summed E-state index contributed by atoms with van der Waals surface area (Å²) in [5, 5.41) is 0. The predicted octanol–water partition coefficient (Wildman–Crippen LogP) is 3.23. The summed E-state index contributed by atoms with van der Waals surface area (Å²) in [4.78, 5) is 25.3. The van der Waals surface area contributed by atoms with Crippen LogP contribution in [-0.4, -0.2) is 23.3 Å². The minimum absolute atomic E-state index is 0.0628. The average molecular weight is 328 g/mol. The molecular weight excluding hydrogens is 313 g/mol. The number of nitrogens with zero attached hydrogens (tertiary/aromatic N) is 1. The maximum absolute atomic E-state index is 13.9. The molecule has 0 spiro atoms. The van der Waals surface area contributed by atoms with Crippen molar-refractivity contribution in [3.63, 3.8) is 0 Å². The predicted molar refractivity (Wildman–Crippen MR) is 73.1 cm³/mol. The first-order valence-corrected chi connectivity index (χ1v) is 6.99. The Hall–Kier alpha value is -1.23. The van der Waals surface area contributed by atoms with E-state index in [1.807, 2.05) is 13.8 Å². The van der Waals surface area contributed by atoms with Crippen molar-refractivity contribution < 1.29 is 14.0 Å². The zero-order valence-electron chi connectivity index (χ0n) is 10.8. The third kappa shape index (κ3) is 2.71. The van der Waals surface area contributed by atoms with E-state index >= 15 is 0 Å². The van der Waals surface area contributed by atoms with Gasteiger partial charge < -0.3 is 0 Å². The molecule has 0 aliphatic carbocycles. The monoisotopic (exact) mass is 327 g/mol. The highest BCUT2D eigenvalue weighted by Gasteiger charge is 2.36. The van der Waals surface area contributed by atoms with Gasteiger partial charge in [0.05, 0.1) is 10.0 Å². The summed E-state index contributed by atoms with van der Waals surface area (Å²) < 4.78 is 14.1. The SMILES string of the molecule is CC(C)C1CC(=O)N(C(=O)c2cccc(Br)c2F)C1. The molecular formula is C14H15BrFNO2. The molecule has 2 amide bonds. The Bertz CT molecular complexity index is 530. The lowest BCUT2D eigenvalue weighted by atomic mass is 9.95. The van der Waals surface area contributed by atoms with Crippen LogP contribution in [0.15, 0.2) is 22.7 Å². The first kappa shape index (κ1) is 14.2. The molecule has 0 bridgehead atoms. The summed E-state index contributed by atoms with van der Waals surface area (Å²) in [6.45, 7) is 4.42. The molecule has 1 unspecified atom stereocenters. The first-order chi connectivity index (χ1) is 8.91. The summed E-state index contributed by atoms with van der Waals surface area (Å²) in [5.74, 6) is -0.899. The van der Waals surface area contributed by atoms with Crippen LogP contribution in [0.25, 0.3) is 0 Å². The van der Waals surface area contributed by atoms with Crippen LogP contribution < -0.4 is 0 Å². The zero-order valence-corrected chi connectivity index (χ0v) is 12.4. The minimum atomic E-state index is -0.617. The summed E-state index contributed by atoms with van der Waals surface area (Å²) >= 11 is 3.04. The van der Waals surface area contributed by atoms with Gasteiger partial charge in [0.25, 0.3) is 5.91 Å². The maximum Gasteiger partial charge on any atom is 0.263 e. The molecule has 0 aromatic heterocycles. The molecule has 1 saturated heterocycles. The van der Waals surface area contributed by atoms with Crippen LogP contribution in [0.1, 0.15) is 30.6 Å². The van der Waals surface area contributed by atoms with Gasteiger partial charge in [0, 0.05) is 13.0 Å². The van der Waals surface area contributed by atoms with E-state index < -0.39 is 11.7 Å². The molecule has 1 fully saturated rings. The van der Waals surface area contributed by atoms with E-state index in [-0.39, 0.29) is 21.9 Å². The summed E-state index contributed by atoms with van der Waals surface area (Å²) in [5.41, 5.74) is -0.0628. The Labute approximate surface area is 119 Å². The van der Waals surface area contributed by atoms with E-state index in [0.717, 1.165) is 4.90 Å². The number of likely N-dealkylation sites (tertiary alicyclic amines) is 1. The molecule has 0 saturated carbocycles. The van der Waals surface area contributed by atoms with E-state index in [1.54, 1.807) is 6.07 Å². The molecule has 0 N–H and O–H groups in total. The lowest BCUT2D eigenvalue weighted by Gasteiger charge is -2.17. The van der Waals surface area contributed by atoms with Gasteiger partial charge in [-0.15, -0.1) is 0 Å². The van der Waals surface area contributed by atoms with Crippen LogP contribution in [0.4, 0.5) is 4.39 Å². The number of hydrogen-bond donors (Lipinski definition) is 0. The third-order valence-corrected chi connectivity index (χ3v) is 4.14. The van der Waals surface area contributed by atoms with Crippen LogP contribution in [0.2, 0.25) is 0 Å². The van der Waals surface area contributed by atoms with Gasteiger partial charge in [-0.05, 0) is 39.9 Å². The van der Waals surface area contributed by atoms with Crippen molar-refractivity contribution in [1.29, 1.82) is 0 Å². The third-order valence-electron chi connectivity index (χ3n) is 3.52. The van der Waals surface area contributed by atoms with Crippen molar-refractivity contribution in [2.24, 2.45) is 11.8 Å². The summed E-state index contributed by atoms with van der Waals surface area (Å²) in [6, 6.07) is 4.51. The largest absolute Gasteiger partial charge is 0.278 e. The molecule has 1 aromatic rings. The number of imide groups is 1. The van der Waals surface area contributed by atoms with Crippen molar-refractivity contribution in [2.45, 2.75) is 20.3 Å². The Balaban J connectivity index is 2.25. The second-order valence-electron chi connectivity index (χ2n) is 5.12. The van der Waals surface area contributed by atoms with Crippen LogP contribution in [0, 0.1) is 17.7 Å². The summed E-state index contributed by atoms with van der Waals surface area (Å²) in [7, 11) is 0. The fourth-order valence-corrected chi connectivity index (χ4v) is 2.56. The second-order valence-corrected chi connectivity index (χ2v) is 5.97. The van der Waals surface area contributed by atoms with Gasteiger partial charge in [-0.1, -0.05) is 19.9 Å². The van der Waals surface area contributed by atoms with Crippen LogP contribution in [0.3, 0.4) is 0 Å². The number of halogens is 2. The van der Waals surface area contributed by atoms with E-state index in [4.69, 9.17) is 0 Å². The van der Waals surface area contributed by atoms with Crippen molar-refractivity contribution in [2.75, 3.05) is 6.54 Å². The Kier molecular flexibility index (Phi) is 4.04. The maximum atomic E-state index is 13.9. The van der Waals surface area contributed by atoms with Gasteiger partial charge >= 0.3 is 0 Å². The molecule has 3 nitrogen and oxygen atoms in total. The van der Waals surface area contributed by atoms with E-state index in [0.29, 0.717) is 18.9 Å². The Morgan fingerprint density at radius 2 is 2.16 bits per heavy atom. The number of benzene rings is 1. The van der Waals surface area contributed by atoms with E-state index in [9.17, 15) is 14.0 Å². The molecule has 1 aliphatic heterocycles. The van der Waals surface area contributed by atoms with Crippen molar-refractivity contribution in [3.8, 4) is 0 Å². The first-order valence-electron chi connectivity index (χ1n) is 6.20. The Morgan fingerprint density at radius 3 is 2.74 bits per heavy atom. The average Bonchev–Trinajstić information content (AvgIpc) is 2.74. The highest BCUT2D eigenvalue weighted by molar-refractivity contribution is 9.10. The number of rotatable bonds is 2. The number of carbonyl (C=O) groups excluding carboxylic acids is 2. The molecule has 5 heteroatoms.